The zero-order valence-electron chi connectivity index (χ0n) is 12.1. The van der Waals surface area contributed by atoms with Crippen molar-refractivity contribution in [3.8, 4) is 0 Å². The molecule has 1 atom stereocenters. The summed E-state index contributed by atoms with van der Waals surface area (Å²) in [5, 5.41) is 3.62. The first-order valence-corrected chi connectivity index (χ1v) is 7.42. The summed E-state index contributed by atoms with van der Waals surface area (Å²) in [7, 11) is 1.85. The Bertz CT molecular complexity index is 497. The van der Waals surface area contributed by atoms with Gasteiger partial charge in [0, 0.05) is 37.8 Å². The van der Waals surface area contributed by atoms with E-state index in [0.717, 1.165) is 25.1 Å². The predicted octanol–water partition coefficient (Wildman–Crippen LogP) is 2.25. The van der Waals surface area contributed by atoms with Crippen LogP contribution in [0.15, 0.2) is 24.3 Å². The molecular weight excluding hydrogens is 252 g/mol. The molecule has 1 fully saturated rings. The molecule has 1 aliphatic carbocycles. The Kier molecular flexibility index (Phi) is 3.76. The number of hydrogen-bond donors (Lipinski definition) is 1. The van der Waals surface area contributed by atoms with E-state index in [1.807, 2.05) is 32.2 Å². The topological polar surface area (TPSA) is 41.6 Å². The Labute approximate surface area is 120 Å². The number of hydrogen-bond acceptors (Lipinski definition) is 3. The van der Waals surface area contributed by atoms with E-state index < -0.39 is 0 Å². The van der Waals surface area contributed by atoms with Crippen LogP contribution in [0.2, 0.25) is 0 Å². The highest BCUT2D eigenvalue weighted by atomic mass is 16.5. The van der Waals surface area contributed by atoms with E-state index in [-0.39, 0.29) is 11.9 Å². The number of rotatable bonds is 4. The van der Waals surface area contributed by atoms with E-state index in [9.17, 15) is 4.79 Å². The lowest BCUT2D eigenvalue weighted by atomic mass is 9.86. The molecule has 1 aromatic carbocycles. The van der Waals surface area contributed by atoms with E-state index in [2.05, 4.69) is 11.4 Å². The van der Waals surface area contributed by atoms with Crippen molar-refractivity contribution in [1.82, 2.24) is 5.32 Å². The minimum absolute atomic E-state index is 0.141. The van der Waals surface area contributed by atoms with Crippen LogP contribution in [0.4, 0.5) is 5.69 Å². The van der Waals surface area contributed by atoms with Crippen LogP contribution in [0.5, 0.6) is 0 Å². The Morgan fingerprint density at radius 3 is 2.85 bits per heavy atom. The van der Waals surface area contributed by atoms with Gasteiger partial charge >= 0.3 is 0 Å². The maximum atomic E-state index is 12.1. The molecule has 1 aliphatic heterocycles. The monoisotopic (exact) mass is 274 g/mol. The molecule has 0 spiro atoms. The summed E-state index contributed by atoms with van der Waals surface area (Å²) in [4.78, 5) is 13.8. The van der Waals surface area contributed by atoms with Crippen molar-refractivity contribution < 1.29 is 9.53 Å². The molecule has 0 saturated heterocycles. The van der Waals surface area contributed by atoms with Crippen molar-refractivity contribution >= 4 is 11.6 Å². The van der Waals surface area contributed by atoms with Gasteiger partial charge in [-0.05, 0) is 31.4 Å². The number of carbonyl (C=O) groups is 1. The largest absolute Gasteiger partial charge is 0.378 e. The quantitative estimate of drug-likeness (QED) is 0.915. The molecule has 1 amide bonds. The van der Waals surface area contributed by atoms with Gasteiger partial charge in [0.1, 0.15) is 0 Å². The van der Waals surface area contributed by atoms with Gasteiger partial charge in [-0.25, -0.2) is 0 Å². The number of para-hydroxylation sites is 1. The molecule has 1 N–H and O–H groups in total. The zero-order chi connectivity index (χ0) is 14.1. The highest BCUT2D eigenvalue weighted by Gasteiger charge is 2.35. The number of carbonyl (C=O) groups excluding carboxylic acids is 1. The smallest absolute Gasteiger partial charge is 0.228 e. The number of amides is 1. The van der Waals surface area contributed by atoms with Crippen molar-refractivity contribution in [3.63, 3.8) is 0 Å². The Morgan fingerprint density at radius 1 is 1.35 bits per heavy atom. The molecule has 4 nitrogen and oxygen atoms in total. The summed E-state index contributed by atoms with van der Waals surface area (Å²) >= 11 is 0. The lowest BCUT2D eigenvalue weighted by molar-refractivity contribution is -0.119. The van der Waals surface area contributed by atoms with Crippen LogP contribution in [0.3, 0.4) is 0 Å². The van der Waals surface area contributed by atoms with Crippen molar-refractivity contribution in [1.29, 1.82) is 0 Å². The molecular formula is C16H22N2O2. The Hall–Kier alpha value is -1.39. The first kappa shape index (κ1) is 13.6. The summed E-state index contributed by atoms with van der Waals surface area (Å²) < 4.78 is 5.59. The molecule has 20 heavy (non-hydrogen) atoms. The van der Waals surface area contributed by atoms with Crippen LogP contribution >= 0.6 is 0 Å². The van der Waals surface area contributed by atoms with Gasteiger partial charge in [0.2, 0.25) is 5.91 Å². The van der Waals surface area contributed by atoms with Crippen molar-refractivity contribution in [2.45, 2.75) is 44.4 Å². The zero-order valence-corrected chi connectivity index (χ0v) is 12.1. The number of ether oxygens (including phenoxy) is 1. The summed E-state index contributed by atoms with van der Waals surface area (Å²) in [5.41, 5.74) is 2.26. The van der Waals surface area contributed by atoms with E-state index >= 15 is 0 Å². The minimum atomic E-state index is 0.141. The molecule has 1 saturated carbocycles. The van der Waals surface area contributed by atoms with Crippen molar-refractivity contribution in [3.05, 3.63) is 29.8 Å². The number of anilines is 1. The third-order valence-electron chi connectivity index (χ3n) is 4.36. The summed E-state index contributed by atoms with van der Waals surface area (Å²) in [6.45, 7) is 2.82. The predicted molar refractivity (Wildman–Crippen MR) is 78.8 cm³/mol. The van der Waals surface area contributed by atoms with Gasteiger partial charge in [-0.1, -0.05) is 18.2 Å². The van der Waals surface area contributed by atoms with Crippen LogP contribution in [0.1, 0.15) is 37.8 Å². The second-order valence-electron chi connectivity index (χ2n) is 5.68. The third-order valence-corrected chi connectivity index (χ3v) is 4.36. The lowest BCUT2D eigenvalue weighted by Crippen LogP contribution is -2.49. The fourth-order valence-corrected chi connectivity index (χ4v) is 3.15. The molecule has 4 heteroatoms. The molecule has 108 valence electrons. The third kappa shape index (κ3) is 2.45. The number of benzene rings is 1. The van der Waals surface area contributed by atoms with E-state index in [1.54, 1.807) is 4.90 Å². The molecule has 1 heterocycles. The number of nitrogens with zero attached hydrogens (tertiary/aromatic N) is 1. The minimum Gasteiger partial charge on any atom is -0.378 e. The highest BCUT2D eigenvalue weighted by molar-refractivity contribution is 5.96. The maximum Gasteiger partial charge on any atom is 0.228 e. The van der Waals surface area contributed by atoms with E-state index in [0.29, 0.717) is 18.6 Å². The molecule has 1 unspecified atom stereocenters. The van der Waals surface area contributed by atoms with Gasteiger partial charge < -0.3 is 15.0 Å². The Balaban J connectivity index is 1.69. The number of nitrogens with one attached hydrogen (secondary N) is 1. The van der Waals surface area contributed by atoms with Crippen molar-refractivity contribution in [2.75, 3.05) is 18.6 Å². The summed E-state index contributed by atoms with van der Waals surface area (Å²) in [6.07, 6.45) is 3.05. The normalized spacial score (nSPS) is 29.0. The first-order chi connectivity index (χ1) is 9.69. The fourth-order valence-electron chi connectivity index (χ4n) is 3.15. The maximum absolute atomic E-state index is 12.1. The first-order valence-electron chi connectivity index (χ1n) is 7.42. The van der Waals surface area contributed by atoms with Crippen LogP contribution in [-0.2, 0) is 9.53 Å². The van der Waals surface area contributed by atoms with E-state index in [4.69, 9.17) is 4.74 Å². The lowest BCUT2D eigenvalue weighted by Gasteiger charge is -2.40. The van der Waals surface area contributed by atoms with Gasteiger partial charge in [0.05, 0.1) is 6.10 Å². The van der Waals surface area contributed by atoms with Crippen LogP contribution < -0.4 is 10.2 Å². The van der Waals surface area contributed by atoms with Crippen LogP contribution in [-0.4, -0.2) is 31.7 Å². The standard InChI is InChI=1S/C16H22N2O2/c1-3-20-12-8-11(9-12)17-14-10-16(19)18(2)15-7-5-4-6-13(14)15/h4-7,11-12,14,17H,3,8-10H2,1-2H3. The van der Waals surface area contributed by atoms with Crippen LogP contribution in [0, 0.1) is 0 Å². The molecule has 2 aliphatic rings. The van der Waals surface area contributed by atoms with Gasteiger partial charge in [-0.2, -0.15) is 0 Å². The average molecular weight is 274 g/mol. The molecule has 0 bridgehead atoms. The van der Waals surface area contributed by atoms with Gasteiger partial charge in [0.15, 0.2) is 0 Å². The molecule has 0 aromatic heterocycles. The molecule has 0 radical (unpaired) electrons. The fraction of sp³-hybridized carbons (Fsp3) is 0.562. The van der Waals surface area contributed by atoms with Gasteiger partial charge in [-0.3, -0.25) is 4.79 Å². The summed E-state index contributed by atoms with van der Waals surface area (Å²) in [5.74, 6) is 0.182. The molecule has 1 aromatic rings. The molecule has 3 rings (SSSR count). The second-order valence-corrected chi connectivity index (χ2v) is 5.68. The Morgan fingerprint density at radius 2 is 2.10 bits per heavy atom. The highest BCUT2D eigenvalue weighted by Crippen LogP contribution is 2.35. The SMILES string of the molecule is CCOC1CC(NC2CC(=O)N(C)c3ccccc32)C1. The summed E-state index contributed by atoms with van der Waals surface area (Å²) in [6, 6.07) is 8.78. The van der Waals surface area contributed by atoms with E-state index in [1.165, 1.54) is 5.56 Å². The number of fused-ring (bicyclic) bond motifs is 1. The second kappa shape index (κ2) is 5.54. The average Bonchev–Trinajstić information content (AvgIpc) is 2.42. The van der Waals surface area contributed by atoms with Gasteiger partial charge in [-0.15, -0.1) is 0 Å². The van der Waals surface area contributed by atoms with Crippen molar-refractivity contribution in [2.24, 2.45) is 0 Å². The van der Waals surface area contributed by atoms with Gasteiger partial charge in [0.25, 0.3) is 0 Å². The van der Waals surface area contributed by atoms with Crippen LogP contribution in [0.25, 0.3) is 0 Å².